The summed E-state index contributed by atoms with van der Waals surface area (Å²) in [6.45, 7) is 2.44. The van der Waals surface area contributed by atoms with Crippen molar-refractivity contribution in [2.45, 2.75) is 13.3 Å². The van der Waals surface area contributed by atoms with Gasteiger partial charge < -0.3 is 4.74 Å². The van der Waals surface area contributed by atoms with Crippen LogP contribution in [0.25, 0.3) is 0 Å². The fraction of sp³-hybridized carbons (Fsp3) is 0.227. The van der Waals surface area contributed by atoms with Crippen molar-refractivity contribution in [3.05, 3.63) is 83.9 Å². The molecular weight excluding hydrogens is 352 g/mol. The highest BCUT2D eigenvalue weighted by atomic mass is 16.5. The van der Waals surface area contributed by atoms with E-state index in [2.05, 4.69) is 9.97 Å². The van der Waals surface area contributed by atoms with E-state index in [1.807, 2.05) is 69.6 Å². The molecule has 3 aromatic rings. The molecule has 0 saturated carbocycles. The zero-order chi connectivity index (χ0) is 19.9. The van der Waals surface area contributed by atoms with Gasteiger partial charge in [-0.05, 0) is 55.5 Å². The number of pyridine rings is 2. The lowest BCUT2D eigenvalue weighted by molar-refractivity contribution is 0.0929. The van der Waals surface area contributed by atoms with Gasteiger partial charge in [0.1, 0.15) is 5.75 Å². The third-order valence-corrected chi connectivity index (χ3v) is 4.19. The Labute approximate surface area is 165 Å². The molecule has 0 aliphatic carbocycles. The second kappa shape index (κ2) is 9.10. The number of carbonyl (C=O) groups is 1. The maximum Gasteiger partial charge on any atom is 0.274 e. The summed E-state index contributed by atoms with van der Waals surface area (Å²) >= 11 is 0. The van der Waals surface area contributed by atoms with E-state index < -0.39 is 0 Å². The van der Waals surface area contributed by atoms with Crippen LogP contribution in [0.15, 0.2) is 67.0 Å². The maximum atomic E-state index is 12.9. The number of anilines is 1. The Balaban J connectivity index is 1.67. The summed E-state index contributed by atoms with van der Waals surface area (Å²) in [5, 5.41) is 3.35. The summed E-state index contributed by atoms with van der Waals surface area (Å²) in [7, 11) is 3.66. The lowest BCUT2D eigenvalue weighted by Crippen LogP contribution is -2.42. The molecule has 0 aliphatic heterocycles. The summed E-state index contributed by atoms with van der Waals surface area (Å²) in [5.74, 6) is 0.615. The minimum absolute atomic E-state index is 0.138. The normalized spacial score (nSPS) is 10.7. The van der Waals surface area contributed by atoms with Crippen LogP contribution in [0.4, 0.5) is 5.69 Å². The molecule has 6 heteroatoms. The van der Waals surface area contributed by atoms with E-state index in [4.69, 9.17) is 4.74 Å². The highest BCUT2D eigenvalue weighted by molar-refractivity contribution is 6.05. The summed E-state index contributed by atoms with van der Waals surface area (Å²) < 4.78 is 5.80. The first-order valence-corrected chi connectivity index (χ1v) is 9.12. The van der Waals surface area contributed by atoms with E-state index in [1.165, 1.54) is 0 Å². The highest BCUT2D eigenvalue weighted by Crippen LogP contribution is 2.22. The average Bonchev–Trinajstić information content (AvgIpc) is 2.70. The molecule has 0 unspecified atom stereocenters. The Kier molecular flexibility index (Phi) is 6.34. The third-order valence-electron chi connectivity index (χ3n) is 4.19. The Morgan fingerprint density at radius 1 is 1.00 bits per heavy atom. The molecule has 6 nitrogen and oxygen atoms in total. The Bertz CT molecular complexity index is 894. The topological polar surface area (TPSA) is 58.6 Å². The average molecular weight is 376 g/mol. The first-order chi connectivity index (χ1) is 13.5. The van der Waals surface area contributed by atoms with Crippen LogP contribution in [0.5, 0.6) is 5.75 Å². The van der Waals surface area contributed by atoms with E-state index >= 15 is 0 Å². The van der Waals surface area contributed by atoms with Crippen molar-refractivity contribution in [2.24, 2.45) is 0 Å². The van der Waals surface area contributed by atoms with Crippen LogP contribution in [-0.2, 0) is 6.42 Å². The number of aromatic nitrogens is 2. The molecule has 0 fully saturated rings. The van der Waals surface area contributed by atoms with Gasteiger partial charge in [0.25, 0.3) is 5.91 Å². The third kappa shape index (κ3) is 4.92. The van der Waals surface area contributed by atoms with Gasteiger partial charge in [-0.2, -0.15) is 0 Å². The smallest absolute Gasteiger partial charge is 0.274 e. The number of nitrogens with zero attached hydrogens (tertiary/aromatic N) is 4. The Morgan fingerprint density at radius 2 is 1.79 bits per heavy atom. The van der Waals surface area contributed by atoms with Gasteiger partial charge in [-0.15, -0.1) is 0 Å². The molecule has 2 heterocycles. The van der Waals surface area contributed by atoms with Crippen LogP contribution >= 0.6 is 0 Å². The second-order valence-electron chi connectivity index (χ2n) is 6.57. The van der Waals surface area contributed by atoms with Gasteiger partial charge >= 0.3 is 0 Å². The van der Waals surface area contributed by atoms with Crippen molar-refractivity contribution in [3.63, 3.8) is 0 Å². The predicted octanol–water partition coefficient (Wildman–Crippen LogP) is 3.53. The van der Waals surface area contributed by atoms with Gasteiger partial charge in [-0.1, -0.05) is 6.07 Å². The maximum absolute atomic E-state index is 12.9. The van der Waals surface area contributed by atoms with Crippen molar-refractivity contribution >= 4 is 11.6 Å². The molecule has 0 aliphatic rings. The van der Waals surface area contributed by atoms with Crippen LogP contribution in [0.3, 0.4) is 0 Å². The van der Waals surface area contributed by atoms with Crippen molar-refractivity contribution in [1.82, 2.24) is 15.0 Å². The van der Waals surface area contributed by atoms with Gasteiger partial charge in [-0.25, -0.2) is 10.0 Å². The van der Waals surface area contributed by atoms with Crippen LogP contribution in [0.2, 0.25) is 0 Å². The van der Waals surface area contributed by atoms with Crippen molar-refractivity contribution < 1.29 is 9.53 Å². The molecule has 0 saturated heterocycles. The number of benzene rings is 1. The van der Waals surface area contributed by atoms with Crippen LogP contribution in [-0.4, -0.2) is 41.6 Å². The highest BCUT2D eigenvalue weighted by Gasteiger charge is 2.20. The van der Waals surface area contributed by atoms with E-state index in [1.54, 1.807) is 28.5 Å². The van der Waals surface area contributed by atoms with Crippen LogP contribution in [0, 0.1) is 6.92 Å². The Hall–Kier alpha value is -3.25. The summed E-state index contributed by atoms with van der Waals surface area (Å²) in [4.78, 5) is 21.4. The molecule has 1 amide bonds. The monoisotopic (exact) mass is 376 g/mol. The molecule has 0 spiro atoms. The van der Waals surface area contributed by atoms with Gasteiger partial charge in [0.15, 0.2) is 0 Å². The number of ether oxygens (including phenoxy) is 1. The predicted molar refractivity (Wildman–Crippen MR) is 109 cm³/mol. The minimum Gasteiger partial charge on any atom is -0.493 e. The second-order valence-corrected chi connectivity index (χ2v) is 6.57. The van der Waals surface area contributed by atoms with Crippen molar-refractivity contribution in [3.8, 4) is 5.75 Å². The van der Waals surface area contributed by atoms with Crippen LogP contribution < -0.4 is 9.75 Å². The largest absolute Gasteiger partial charge is 0.493 e. The van der Waals surface area contributed by atoms with Crippen molar-refractivity contribution in [1.29, 1.82) is 0 Å². The SMILES string of the molecule is Cc1ccc(C(=O)N(c2ccc(OCCc3ccccn3)cc2)N(C)C)cn1. The van der Waals surface area contributed by atoms with E-state index in [0.717, 1.165) is 29.2 Å². The standard InChI is InChI=1S/C22H24N4O2/c1-17-7-8-18(16-24-17)22(27)26(25(2)3)20-9-11-21(12-10-20)28-15-13-19-6-4-5-14-23-19/h4-12,14,16H,13,15H2,1-3H3. The zero-order valence-corrected chi connectivity index (χ0v) is 16.4. The molecule has 1 aromatic carbocycles. The van der Waals surface area contributed by atoms with E-state index in [0.29, 0.717) is 12.2 Å². The fourth-order valence-electron chi connectivity index (χ4n) is 2.75. The molecule has 0 bridgehead atoms. The Morgan fingerprint density at radius 3 is 2.39 bits per heavy atom. The number of hydrogen-bond donors (Lipinski definition) is 0. The number of carbonyl (C=O) groups excluding carboxylic acids is 1. The molecular formula is C22H24N4O2. The first kappa shape index (κ1) is 19.5. The number of aryl methyl sites for hydroxylation is 1. The van der Waals surface area contributed by atoms with Gasteiger partial charge in [0.2, 0.25) is 0 Å². The quantitative estimate of drug-likeness (QED) is 0.591. The molecule has 144 valence electrons. The van der Waals surface area contributed by atoms with Gasteiger partial charge in [0.05, 0.1) is 17.9 Å². The van der Waals surface area contributed by atoms with E-state index in [-0.39, 0.29) is 5.91 Å². The number of hydrogen-bond acceptors (Lipinski definition) is 5. The van der Waals surface area contributed by atoms with Crippen molar-refractivity contribution in [2.75, 3.05) is 25.7 Å². The molecule has 0 atom stereocenters. The minimum atomic E-state index is -0.138. The number of hydrazine groups is 1. The molecule has 0 radical (unpaired) electrons. The lowest BCUT2D eigenvalue weighted by Gasteiger charge is -2.29. The molecule has 0 N–H and O–H groups in total. The summed E-state index contributed by atoms with van der Waals surface area (Å²) in [6.07, 6.45) is 4.12. The fourth-order valence-corrected chi connectivity index (χ4v) is 2.75. The summed E-state index contributed by atoms with van der Waals surface area (Å²) in [6, 6.07) is 16.9. The number of rotatable bonds is 7. The molecule has 3 rings (SSSR count). The molecule has 2 aromatic heterocycles. The van der Waals surface area contributed by atoms with Gasteiger partial charge in [0, 0.05) is 44.3 Å². The summed E-state index contributed by atoms with van der Waals surface area (Å²) in [5.41, 5.74) is 3.16. The molecule has 28 heavy (non-hydrogen) atoms. The zero-order valence-electron chi connectivity index (χ0n) is 16.4. The first-order valence-electron chi connectivity index (χ1n) is 9.12. The number of amides is 1. The van der Waals surface area contributed by atoms with Crippen LogP contribution in [0.1, 0.15) is 21.7 Å². The van der Waals surface area contributed by atoms with Gasteiger partial charge in [-0.3, -0.25) is 14.8 Å². The van der Waals surface area contributed by atoms with E-state index in [9.17, 15) is 4.79 Å². The lowest BCUT2D eigenvalue weighted by atomic mass is 10.2.